The molecule has 26 heavy (non-hydrogen) atoms. The lowest BCUT2D eigenvalue weighted by atomic mass is 9.97. The van der Waals surface area contributed by atoms with E-state index in [2.05, 4.69) is 23.6 Å². The Hall–Kier alpha value is -1.59. The summed E-state index contributed by atoms with van der Waals surface area (Å²) < 4.78 is 0. The quantitative estimate of drug-likeness (QED) is 0.813. The molecular weight excluding hydrogens is 350 g/mol. The molecule has 0 N–H and O–H groups in total. The van der Waals surface area contributed by atoms with E-state index < -0.39 is 0 Å². The number of rotatable bonds is 3. The number of piperidine rings is 1. The Kier molecular flexibility index (Phi) is 6.20. The number of hydrogen-bond donors (Lipinski definition) is 0. The van der Waals surface area contributed by atoms with Crippen LogP contribution in [0.5, 0.6) is 0 Å². The van der Waals surface area contributed by atoms with Crippen LogP contribution in [-0.2, 0) is 4.79 Å². The van der Waals surface area contributed by atoms with E-state index in [0.29, 0.717) is 42.3 Å². The van der Waals surface area contributed by atoms with Gasteiger partial charge < -0.3 is 9.80 Å². The Bertz CT molecular complexity index is 631. The van der Waals surface area contributed by atoms with Crippen LogP contribution in [0.2, 0.25) is 5.02 Å². The van der Waals surface area contributed by atoms with Crippen molar-refractivity contribution in [3.05, 3.63) is 34.9 Å². The molecule has 2 amide bonds. The van der Waals surface area contributed by atoms with Gasteiger partial charge in [-0.25, -0.2) is 0 Å². The van der Waals surface area contributed by atoms with Gasteiger partial charge in [-0.1, -0.05) is 11.6 Å². The van der Waals surface area contributed by atoms with Gasteiger partial charge in [0.05, 0.1) is 6.54 Å². The normalized spacial score (nSPS) is 24.6. The highest BCUT2D eigenvalue weighted by Gasteiger charge is 2.31. The monoisotopic (exact) mass is 377 g/mol. The SMILES string of the molecule is CC1CCCC(C)N1C(=O)CN1CCN(C(=O)c2ccc(Cl)cc2)CC1. The Labute approximate surface area is 160 Å². The minimum absolute atomic E-state index is 0.0333. The third-order valence-electron chi connectivity index (χ3n) is 5.59. The van der Waals surface area contributed by atoms with Crippen LogP contribution in [0.3, 0.4) is 0 Å². The van der Waals surface area contributed by atoms with E-state index in [9.17, 15) is 9.59 Å². The van der Waals surface area contributed by atoms with E-state index in [-0.39, 0.29) is 11.8 Å². The van der Waals surface area contributed by atoms with Crippen molar-refractivity contribution in [2.75, 3.05) is 32.7 Å². The van der Waals surface area contributed by atoms with Gasteiger partial charge in [0.15, 0.2) is 0 Å². The van der Waals surface area contributed by atoms with Crippen molar-refractivity contribution in [2.24, 2.45) is 0 Å². The highest BCUT2D eigenvalue weighted by atomic mass is 35.5. The number of carbonyl (C=O) groups excluding carboxylic acids is 2. The highest BCUT2D eigenvalue weighted by molar-refractivity contribution is 6.30. The topological polar surface area (TPSA) is 43.9 Å². The van der Waals surface area contributed by atoms with E-state index in [0.717, 1.165) is 25.9 Å². The summed E-state index contributed by atoms with van der Waals surface area (Å²) in [4.78, 5) is 31.4. The second kappa shape index (κ2) is 8.40. The van der Waals surface area contributed by atoms with Gasteiger partial charge in [0.1, 0.15) is 0 Å². The number of nitrogens with zero attached hydrogens (tertiary/aromatic N) is 3. The lowest BCUT2D eigenvalue weighted by molar-refractivity contribution is -0.138. The van der Waals surface area contributed by atoms with Gasteiger partial charge in [-0.2, -0.15) is 0 Å². The Morgan fingerprint density at radius 2 is 1.58 bits per heavy atom. The zero-order valence-electron chi connectivity index (χ0n) is 15.7. The molecule has 2 unspecified atom stereocenters. The van der Waals surface area contributed by atoms with Crippen LogP contribution >= 0.6 is 11.6 Å². The molecule has 2 heterocycles. The molecule has 2 aliphatic heterocycles. The lowest BCUT2D eigenvalue weighted by Gasteiger charge is -2.41. The smallest absolute Gasteiger partial charge is 0.253 e. The van der Waals surface area contributed by atoms with Gasteiger partial charge in [-0.3, -0.25) is 14.5 Å². The lowest BCUT2D eigenvalue weighted by Crippen LogP contribution is -2.54. The van der Waals surface area contributed by atoms with Crippen LogP contribution in [-0.4, -0.2) is 71.3 Å². The average Bonchev–Trinajstić information content (AvgIpc) is 2.62. The summed E-state index contributed by atoms with van der Waals surface area (Å²) in [6, 6.07) is 7.67. The summed E-state index contributed by atoms with van der Waals surface area (Å²) >= 11 is 5.89. The maximum Gasteiger partial charge on any atom is 0.253 e. The van der Waals surface area contributed by atoms with Crippen molar-refractivity contribution in [3.8, 4) is 0 Å². The minimum atomic E-state index is 0.0333. The number of halogens is 1. The van der Waals surface area contributed by atoms with E-state index in [1.807, 2.05) is 4.90 Å². The number of piperazine rings is 1. The number of amides is 2. The number of carbonyl (C=O) groups is 2. The van der Waals surface area contributed by atoms with Crippen LogP contribution in [0, 0.1) is 0 Å². The van der Waals surface area contributed by atoms with E-state index in [1.165, 1.54) is 6.42 Å². The molecule has 5 nitrogen and oxygen atoms in total. The fourth-order valence-corrected chi connectivity index (χ4v) is 4.20. The molecule has 6 heteroatoms. The molecule has 2 fully saturated rings. The first kappa shape index (κ1) is 19.2. The van der Waals surface area contributed by atoms with Gasteiger partial charge >= 0.3 is 0 Å². The Morgan fingerprint density at radius 1 is 1.00 bits per heavy atom. The van der Waals surface area contributed by atoms with Crippen LogP contribution in [0.4, 0.5) is 0 Å². The van der Waals surface area contributed by atoms with Crippen molar-refractivity contribution >= 4 is 23.4 Å². The zero-order chi connectivity index (χ0) is 18.7. The van der Waals surface area contributed by atoms with Gasteiger partial charge in [-0.05, 0) is 57.4 Å². The number of likely N-dealkylation sites (tertiary alicyclic amines) is 1. The largest absolute Gasteiger partial charge is 0.336 e. The molecule has 0 saturated carbocycles. The molecule has 0 aromatic heterocycles. The molecule has 3 rings (SSSR count). The summed E-state index contributed by atoms with van der Waals surface area (Å²) in [7, 11) is 0. The van der Waals surface area contributed by atoms with Crippen molar-refractivity contribution in [1.29, 1.82) is 0 Å². The second-order valence-corrected chi connectivity index (χ2v) is 7.94. The van der Waals surface area contributed by atoms with Crippen molar-refractivity contribution in [1.82, 2.24) is 14.7 Å². The summed E-state index contributed by atoms with van der Waals surface area (Å²) in [6.45, 7) is 7.53. The Morgan fingerprint density at radius 3 is 2.15 bits per heavy atom. The molecule has 2 aliphatic rings. The van der Waals surface area contributed by atoms with Gasteiger partial charge in [-0.15, -0.1) is 0 Å². The zero-order valence-corrected chi connectivity index (χ0v) is 16.4. The molecular formula is C20H28ClN3O2. The standard InChI is InChI=1S/C20H28ClN3O2/c1-15-4-3-5-16(2)24(15)19(25)14-22-10-12-23(13-11-22)20(26)17-6-8-18(21)9-7-17/h6-9,15-16H,3-5,10-14H2,1-2H3. The molecule has 2 atom stereocenters. The predicted molar refractivity (Wildman–Crippen MR) is 103 cm³/mol. The summed E-state index contributed by atoms with van der Waals surface area (Å²) in [6.07, 6.45) is 3.40. The number of benzene rings is 1. The summed E-state index contributed by atoms with van der Waals surface area (Å²) in [5, 5.41) is 0.631. The van der Waals surface area contributed by atoms with Gasteiger partial charge in [0.25, 0.3) is 5.91 Å². The predicted octanol–water partition coefficient (Wildman–Crippen LogP) is 2.89. The molecule has 1 aromatic rings. The molecule has 142 valence electrons. The number of hydrogen-bond acceptors (Lipinski definition) is 3. The molecule has 0 bridgehead atoms. The van der Waals surface area contributed by atoms with Crippen LogP contribution in [0.25, 0.3) is 0 Å². The first-order valence-electron chi connectivity index (χ1n) is 9.54. The van der Waals surface area contributed by atoms with Crippen molar-refractivity contribution in [2.45, 2.75) is 45.2 Å². The van der Waals surface area contributed by atoms with Crippen molar-refractivity contribution < 1.29 is 9.59 Å². The molecule has 0 aliphatic carbocycles. The van der Waals surface area contributed by atoms with Gasteiger partial charge in [0.2, 0.25) is 5.91 Å². The molecule has 1 aromatic carbocycles. The van der Waals surface area contributed by atoms with E-state index in [1.54, 1.807) is 24.3 Å². The maximum absolute atomic E-state index is 12.7. The van der Waals surface area contributed by atoms with Crippen LogP contribution < -0.4 is 0 Å². The minimum Gasteiger partial charge on any atom is -0.336 e. The third-order valence-corrected chi connectivity index (χ3v) is 5.84. The van der Waals surface area contributed by atoms with Crippen LogP contribution in [0.15, 0.2) is 24.3 Å². The van der Waals surface area contributed by atoms with Crippen molar-refractivity contribution in [3.63, 3.8) is 0 Å². The summed E-state index contributed by atoms with van der Waals surface area (Å²) in [5.74, 6) is 0.257. The van der Waals surface area contributed by atoms with E-state index >= 15 is 0 Å². The van der Waals surface area contributed by atoms with E-state index in [4.69, 9.17) is 11.6 Å². The van der Waals surface area contributed by atoms with Gasteiger partial charge in [0, 0.05) is 48.8 Å². The molecule has 0 radical (unpaired) electrons. The molecule has 0 spiro atoms. The second-order valence-electron chi connectivity index (χ2n) is 7.51. The third kappa shape index (κ3) is 4.38. The maximum atomic E-state index is 12.7. The first-order chi connectivity index (χ1) is 12.5. The van der Waals surface area contributed by atoms with Crippen LogP contribution in [0.1, 0.15) is 43.5 Å². The average molecular weight is 378 g/mol. The highest BCUT2D eigenvalue weighted by Crippen LogP contribution is 2.23. The molecule has 2 saturated heterocycles. The summed E-state index contributed by atoms with van der Waals surface area (Å²) in [5.41, 5.74) is 0.662. The Balaban J connectivity index is 1.51. The first-order valence-corrected chi connectivity index (χ1v) is 9.92. The fraction of sp³-hybridized carbons (Fsp3) is 0.600. The fourth-order valence-electron chi connectivity index (χ4n) is 4.07.